The van der Waals surface area contributed by atoms with E-state index < -0.39 is 32.2 Å². The number of nitrogens with one attached hydrogen (secondary N) is 1. The van der Waals surface area contributed by atoms with Crippen LogP contribution in [0.25, 0.3) is 11.0 Å². The molecule has 118 valence electrons. The fraction of sp³-hybridized carbons (Fsp3) is 0. The number of para-hydroxylation sites is 1. The van der Waals surface area contributed by atoms with Crippen LogP contribution < -0.4 is 10.3 Å². The standard InChI is InChI=1S/C15H9F2NO4S/c16-11-6-5-10(8-12(11)17)23(20,21)18-13-7-9-3-1-2-4-14(9)22-15(13)19/h1-8,18H. The monoisotopic (exact) mass is 337 g/mol. The van der Waals surface area contributed by atoms with Crippen LogP contribution in [0.2, 0.25) is 0 Å². The van der Waals surface area contributed by atoms with E-state index in [9.17, 15) is 22.0 Å². The molecule has 1 heterocycles. The van der Waals surface area contributed by atoms with Crippen molar-refractivity contribution in [3.63, 3.8) is 0 Å². The molecule has 0 atom stereocenters. The molecule has 0 aliphatic carbocycles. The minimum Gasteiger partial charge on any atom is -0.421 e. The molecule has 23 heavy (non-hydrogen) atoms. The summed E-state index contributed by atoms with van der Waals surface area (Å²) in [5, 5.41) is 0.509. The summed E-state index contributed by atoms with van der Waals surface area (Å²) in [6, 6.07) is 9.96. The average Bonchev–Trinajstić information content (AvgIpc) is 2.50. The topological polar surface area (TPSA) is 76.4 Å². The highest BCUT2D eigenvalue weighted by atomic mass is 32.2. The zero-order chi connectivity index (χ0) is 16.6. The summed E-state index contributed by atoms with van der Waals surface area (Å²) in [7, 11) is -4.26. The van der Waals surface area contributed by atoms with Crippen LogP contribution in [0.5, 0.6) is 0 Å². The molecule has 3 rings (SSSR count). The minimum atomic E-state index is -4.26. The zero-order valence-electron chi connectivity index (χ0n) is 11.4. The van der Waals surface area contributed by atoms with Gasteiger partial charge in [-0.05, 0) is 30.3 Å². The minimum absolute atomic E-state index is 0.299. The smallest absolute Gasteiger partial charge is 0.360 e. The van der Waals surface area contributed by atoms with Crippen LogP contribution in [0.3, 0.4) is 0 Å². The van der Waals surface area contributed by atoms with E-state index in [1.165, 1.54) is 6.07 Å². The van der Waals surface area contributed by atoms with Crippen LogP contribution in [0.1, 0.15) is 0 Å². The van der Waals surface area contributed by atoms with Gasteiger partial charge in [-0.2, -0.15) is 0 Å². The Kier molecular flexibility index (Phi) is 3.61. The molecular formula is C15H9F2NO4S. The highest BCUT2D eigenvalue weighted by Gasteiger charge is 2.19. The summed E-state index contributed by atoms with van der Waals surface area (Å²) in [5.74, 6) is -2.48. The van der Waals surface area contributed by atoms with Crippen LogP contribution in [-0.4, -0.2) is 8.42 Å². The predicted molar refractivity (Wildman–Crippen MR) is 79.7 cm³/mol. The van der Waals surface area contributed by atoms with Gasteiger partial charge in [-0.15, -0.1) is 0 Å². The van der Waals surface area contributed by atoms with E-state index in [1.807, 2.05) is 4.72 Å². The second-order valence-electron chi connectivity index (χ2n) is 4.67. The molecule has 3 aromatic rings. The predicted octanol–water partition coefficient (Wildman–Crippen LogP) is 2.87. The van der Waals surface area contributed by atoms with Gasteiger partial charge in [0.25, 0.3) is 10.0 Å². The molecule has 0 fully saturated rings. The first kappa shape index (κ1) is 15.2. The van der Waals surface area contributed by atoms with Gasteiger partial charge in [0.05, 0.1) is 4.90 Å². The number of rotatable bonds is 3. The first-order valence-electron chi connectivity index (χ1n) is 6.37. The number of halogens is 2. The second kappa shape index (κ2) is 5.47. The van der Waals surface area contributed by atoms with Gasteiger partial charge >= 0.3 is 5.63 Å². The van der Waals surface area contributed by atoms with E-state index in [0.717, 1.165) is 6.07 Å². The van der Waals surface area contributed by atoms with Gasteiger partial charge in [-0.3, -0.25) is 4.72 Å². The van der Waals surface area contributed by atoms with Gasteiger partial charge in [0, 0.05) is 5.39 Å². The number of hydrogen-bond donors (Lipinski definition) is 1. The van der Waals surface area contributed by atoms with Crippen LogP contribution in [0, 0.1) is 11.6 Å². The summed E-state index contributed by atoms with van der Waals surface area (Å²) >= 11 is 0. The average molecular weight is 337 g/mol. The third-order valence-electron chi connectivity index (χ3n) is 3.09. The lowest BCUT2D eigenvalue weighted by Gasteiger charge is -2.08. The Balaban J connectivity index is 2.05. The Morgan fingerprint density at radius 1 is 0.957 bits per heavy atom. The number of benzene rings is 2. The molecule has 2 aromatic carbocycles. The molecule has 0 bridgehead atoms. The van der Waals surface area contributed by atoms with E-state index in [0.29, 0.717) is 23.1 Å². The lowest BCUT2D eigenvalue weighted by atomic mass is 10.2. The van der Waals surface area contributed by atoms with Crippen molar-refractivity contribution in [3.8, 4) is 0 Å². The molecule has 8 heteroatoms. The van der Waals surface area contributed by atoms with Gasteiger partial charge in [-0.25, -0.2) is 22.0 Å². The molecule has 0 unspecified atom stereocenters. The number of hydrogen-bond acceptors (Lipinski definition) is 4. The molecule has 0 aliphatic rings. The normalized spacial score (nSPS) is 11.6. The summed E-state index contributed by atoms with van der Waals surface area (Å²) < 4.78 is 57.5. The maximum absolute atomic E-state index is 13.2. The van der Waals surface area contributed by atoms with Crippen LogP contribution in [-0.2, 0) is 10.0 Å². The maximum atomic E-state index is 13.2. The summed E-state index contributed by atoms with van der Waals surface area (Å²) in [6.45, 7) is 0. The highest BCUT2D eigenvalue weighted by Crippen LogP contribution is 2.19. The van der Waals surface area contributed by atoms with E-state index in [1.54, 1.807) is 24.3 Å². The molecule has 1 N–H and O–H groups in total. The first-order valence-corrected chi connectivity index (χ1v) is 7.86. The van der Waals surface area contributed by atoms with Gasteiger partial charge in [0.1, 0.15) is 11.3 Å². The van der Waals surface area contributed by atoms with Crippen molar-refractivity contribution < 1.29 is 21.6 Å². The number of fused-ring (bicyclic) bond motifs is 1. The highest BCUT2D eigenvalue weighted by molar-refractivity contribution is 7.92. The zero-order valence-corrected chi connectivity index (χ0v) is 12.2. The van der Waals surface area contributed by atoms with Gasteiger partial charge < -0.3 is 4.42 Å². The fourth-order valence-corrected chi connectivity index (χ4v) is 3.04. The largest absolute Gasteiger partial charge is 0.421 e. The molecule has 0 aliphatic heterocycles. The maximum Gasteiger partial charge on any atom is 0.360 e. The summed E-state index contributed by atoms with van der Waals surface area (Å²) in [6.07, 6.45) is 0. The van der Waals surface area contributed by atoms with Crippen LogP contribution in [0.4, 0.5) is 14.5 Å². The number of anilines is 1. The third-order valence-corrected chi connectivity index (χ3v) is 4.45. The van der Waals surface area contributed by atoms with Crippen LogP contribution >= 0.6 is 0 Å². The Morgan fingerprint density at radius 2 is 1.70 bits per heavy atom. The lowest BCUT2D eigenvalue weighted by molar-refractivity contribution is 0.504. The van der Waals surface area contributed by atoms with Crippen molar-refractivity contribution in [1.82, 2.24) is 0 Å². The van der Waals surface area contributed by atoms with E-state index in [-0.39, 0.29) is 5.69 Å². The molecule has 1 aromatic heterocycles. The van der Waals surface area contributed by atoms with E-state index in [2.05, 4.69) is 0 Å². The SMILES string of the molecule is O=c1oc2ccccc2cc1NS(=O)(=O)c1ccc(F)c(F)c1. The van der Waals surface area contributed by atoms with E-state index >= 15 is 0 Å². The molecular weight excluding hydrogens is 328 g/mol. The Labute approximate surface area is 129 Å². The second-order valence-corrected chi connectivity index (χ2v) is 6.35. The Bertz CT molecular complexity index is 1060. The number of sulfonamides is 1. The molecule has 0 saturated carbocycles. The van der Waals surface area contributed by atoms with Crippen molar-refractivity contribution >= 4 is 26.7 Å². The van der Waals surface area contributed by atoms with Crippen LogP contribution in [0.15, 0.2) is 62.6 Å². The van der Waals surface area contributed by atoms with Crippen molar-refractivity contribution in [1.29, 1.82) is 0 Å². The third kappa shape index (κ3) is 2.93. The fourth-order valence-electron chi connectivity index (χ4n) is 1.98. The Hall–Kier alpha value is -2.74. The van der Waals surface area contributed by atoms with E-state index in [4.69, 9.17) is 4.42 Å². The van der Waals surface area contributed by atoms with Crippen molar-refractivity contribution in [2.75, 3.05) is 4.72 Å². The molecule has 0 radical (unpaired) electrons. The summed E-state index contributed by atoms with van der Waals surface area (Å²) in [4.78, 5) is 11.3. The van der Waals surface area contributed by atoms with Crippen molar-refractivity contribution in [3.05, 3.63) is 70.6 Å². The molecule has 0 spiro atoms. The molecule has 5 nitrogen and oxygen atoms in total. The molecule has 0 saturated heterocycles. The molecule has 0 amide bonds. The first-order chi connectivity index (χ1) is 10.9. The van der Waals surface area contributed by atoms with Gasteiger partial charge in [-0.1, -0.05) is 18.2 Å². The summed E-state index contributed by atoms with van der Waals surface area (Å²) in [5.41, 5.74) is -0.920. The quantitative estimate of drug-likeness (QED) is 0.746. The van der Waals surface area contributed by atoms with Gasteiger partial charge in [0.2, 0.25) is 0 Å². The lowest BCUT2D eigenvalue weighted by Crippen LogP contribution is -2.18. The van der Waals surface area contributed by atoms with Crippen molar-refractivity contribution in [2.45, 2.75) is 4.90 Å². The van der Waals surface area contributed by atoms with Crippen molar-refractivity contribution in [2.24, 2.45) is 0 Å². The van der Waals surface area contributed by atoms with Gasteiger partial charge in [0.15, 0.2) is 11.6 Å². The Morgan fingerprint density at radius 3 is 2.43 bits per heavy atom.